The standard InChI is InChI=1S/C33H29NO3/c1-36-30-19-24-17-18-34-29(28(24)21-31(30)37-2)20-27(22-11-5-3-6-12-22)25-15-9-10-16-26(25)32(34)33(35)23-13-7-4-8-14-23/h3-16,19-21,29,32H,17-18H2,1-2H3/t29?,32-/m0/s1. The summed E-state index contributed by atoms with van der Waals surface area (Å²) in [5.74, 6) is 1.55. The molecule has 0 amide bonds. The van der Waals surface area contributed by atoms with Gasteiger partial charge in [0.15, 0.2) is 17.3 Å². The van der Waals surface area contributed by atoms with Crippen molar-refractivity contribution >= 4 is 11.4 Å². The molecule has 2 aliphatic heterocycles. The smallest absolute Gasteiger partial charge is 0.184 e. The Morgan fingerprint density at radius 1 is 0.784 bits per heavy atom. The number of rotatable bonds is 5. The third-order valence-electron chi connectivity index (χ3n) is 7.55. The van der Waals surface area contributed by atoms with E-state index in [0.717, 1.165) is 52.1 Å². The van der Waals surface area contributed by atoms with Gasteiger partial charge in [-0.2, -0.15) is 0 Å². The minimum absolute atomic E-state index is 0.108. The van der Waals surface area contributed by atoms with Gasteiger partial charge in [0.1, 0.15) is 6.04 Å². The molecule has 4 nitrogen and oxygen atoms in total. The second kappa shape index (κ2) is 9.72. The molecule has 0 radical (unpaired) electrons. The molecule has 2 atom stereocenters. The molecular weight excluding hydrogens is 458 g/mol. The highest BCUT2D eigenvalue weighted by atomic mass is 16.5. The molecule has 4 aromatic rings. The van der Waals surface area contributed by atoms with Gasteiger partial charge in [0.05, 0.1) is 20.3 Å². The highest BCUT2D eigenvalue weighted by Crippen LogP contribution is 2.47. The molecule has 1 unspecified atom stereocenters. The van der Waals surface area contributed by atoms with E-state index in [1.165, 1.54) is 5.56 Å². The zero-order valence-corrected chi connectivity index (χ0v) is 21.1. The Balaban J connectivity index is 1.61. The van der Waals surface area contributed by atoms with Crippen molar-refractivity contribution in [3.05, 3.63) is 137 Å². The Labute approximate surface area is 217 Å². The van der Waals surface area contributed by atoms with E-state index in [1.54, 1.807) is 14.2 Å². The van der Waals surface area contributed by atoms with Crippen LogP contribution in [0.2, 0.25) is 0 Å². The maximum Gasteiger partial charge on any atom is 0.184 e. The zero-order valence-electron chi connectivity index (χ0n) is 21.1. The summed E-state index contributed by atoms with van der Waals surface area (Å²) in [6.45, 7) is 0.753. The molecule has 0 saturated carbocycles. The molecule has 4 heteroatoms. The number of benzene rings is 4. The van der Waals surface area contributed by atoms with Gasteiger partial charge >= 0.3 is 0 Å². The molecule has 0 aromatic heterocycles. The van der Waals surface area contributed by atoms with E-state index in [0.29, 0.717) is 5.75 Å². The number of carbonyl (C=O) groups excluding carboxylic acids is 1. The summed E-state index contributed by atoms with van der Waals surface area (Å²) in [5, 5.41) is 0. The topological polar surface area (TPSA) is 38.8 Å². The quantitative estimate of drug-likeness (QED) is 0.295. The number of fused-ring (bicyclic) bond motifs is 4. The number of ether oxygens (including phenoxy) is 2. The summed E-state index contributed by atoms with van der Waals surface area (Å²) >= 11 is 0. The van der Waals surface area contributed by atoms with Crippen LogP contribution < -0.4 is 9.47 Å². The molecule has 0 saturated heterocycles. The van der Waals surface area contributed by atoms with E-state index in [-0.39, 0.29) is 11.8 Å². The fourth-order valence-electron chi connectivity index (χ4n) is 5.80. The first-order valence-electron chi connectivity index (χ1n) is 12.7. The molecule has 0 spiro atoms. The molecule has 0 aliphatic carbocycles. The largest absolute Gasteiger partial charge is 0.493 e. The number of carbonyl (C=O) groups is 1. The van der Waals surface area contributed by atoms with Gasteiger partial charge in [0, 0.05) is 12.1 Å². The van der Waals surface area contributed by atoms with E-state index in [4.69, 9.17) is 9.47 Å². The van der Waals surface area contributed by atoms with Crippen LogP contribution in [0.3, 0.4) is 0 Å². The maximum atomic E-state index is 14.2. The lowest BCUT2D eigenvalue weighted by molar-refractivity contribution is 0.0757. The van der Waals surface area contributed by atoms with Gasteiger partial charge in [-0.1, -0.05) is 91.0 Å². The number of Topliss-reactive ketones (excluding diaryl/α,β-unsaturated/α-hetero) is 1. The molecule has 4 aromatic carbocycles. The Morgan fingerprint density at radius 3 is 2.16 bits per heavy atom. The van der Waals surface area contributed by atoms with Crippen LogP contribution in [-0.4, -0.2) is 31.4 Å². The second-order valence-corrected chi connectivity index (χ2v) is 9.51. The van der Waals surface area contributed by atoms with Crippen LogP contribution in [0, 0.1) is 0 Å². The van der Waals surface area contributed by atoms with Gasteiger partial charge in [-0.25, -0.2) is 0 Å². The van der Waals surface area contributed by atoms with Crippen LogP contribution in [0.4, 0.5) is 0 Å². The fourth-order valence-corrected chi connectivity index (χ4v) is 5.80. The van der Waals surface area contributed by atoms with Crippen LogP contribution in [0.1, 0.15) is 50.3 Å². The second-order valence-electron chi connectivity index (χ2n) is 9.51. The Morgan fingerprint density at radius 2 is 1.43 bits per heavy atom. The average molecular weight is 488 g/mol. The fraction of sp³-hybridized carbons (Fsp3) is 0.182. The molecule has 37 heavy (non-hydrogen) atoms. The van der Waals surface area contributed by atoms with Crippen LogP contribution in [0.25, 0.3) is 5.57 Å². The van der Waals surface area contributed by atoms with Gasteiger partial charge < -0.3 is 9.47 Å². The third kappa shape index (κ3) is 4.04. The number of hydrogen-bond acceptors (Lipinski definition) is 4. The van der Waals surface area contributed by atoms with E-state index in [2.05, 4.69) is 65.6 Å². The minimum atomic E-state index is -0.415. The summed E-state index contributed by atoms with van der Waals surface area (Å²) < 4.78 is 11.3. The van der Waals surface area contributed by atoms with Gasteiger partial charge in [0.25, 0.3) is 0 Å². The molecule has 0 bridgehead atoms. The van der Waals surface area contributed by atoms with E-state index >= 15 is 0 Å². The summed E-state index contributed by atoms with van der Waals surface area (Å²) in [5.41, 5.74) is 7.50. The summed E-state index contributed by atoms with van der Waals surface area (Å²) in [4.78, 5) is 16.6. The van der Waals surface area contributed by atoms with Gasteiger partial charge in [-0.05, 0) is 51.9 Å². The molecule has 6 rings (SSSR count). The molecule has 184 valence electrons. The van der Waals surface area contributed by atoms with Gasteiger partial charge in [-0.3, -0.25) is 9.69 Å². The number of ketones is 1. The number of hydrogen-bond donors (Lipinski definition) is 0. The lowest BCUT2D eigenvalue weighted by Gasteiger charge is -2.40. The van der Waals surface area contributed by atoms with Gasteiger partial charge in [-0.15, -0.1) is 0 Å². The van der Waals surface area contributed by atoms with Gasteiger partial charge in [0.2, 0.25) is 0 Å². The molecular formula is C33H29NO3. The Bertz CT molecular complexity index is 1480. The first-order valence-corrected chi connectivity index (χ1v) is 12.7. The van der Waals surface area contributed by atoms with Crippen LogP contribution in [0.5, 0.6) is 11.5 Å². The lowest BCUT2D eigenvalue weighted by Crippen LogP contribution is -2.40. The lowest BCUT2D eigenvalue weighted by atomic mass is 9.87. The van der Waals surface area contributed by atoms with Crippen molar-refractivity contribution in [1.29, 1.82) is 0 Å². The van der Waals surface area contributed by atoms with E-state index < -0.39 is 6.04 Å². The highest BCUT2D eigenvalue weighted by Gasteiger charge is 2.40. The monoisotopic (exact) mass is 487 g/mol. The molecule has 0 fully saturated rings. The van der Waals surface area contributed by atoms with Crippen LogP contribution in [0.15, 0.2) is 103 Å². The van der Waals surface area contributed by atoms with Crippen LogP contribution in [-0.2, 0) is 6.42 Å². The van der Waals surface area contributed by atoms with E-state index in [9.17, 15) is 4.79 Å². The van der Waals surface area contributed by atoms with Crippen molar-refractivity contribution in [3.63, 3.8) is 0 Å². The molecule has 0 N–H and O–H groups in total. The predicted molar refractivity (Wildman–Crippen MR) is 146 cm³/mol. The average Bonchev–Trinajstić information content (AvgIpc) is 3.11. The summed E-state index contributed by atoms with van der Waals surface area (Å²) in [6, 6.07) is 32.1. The van der Waals surface area contributed by atoms with Crippen LogP contribution >= 0.6 is 0 Å². The maximum absolute atomic E-state index is 14.2. The first kappa shape index (κ1) is 23.3. The number of nitrogens with zero attached hydrogens (tertiary/aromatic N) is 1. The predicted octanol–water partition coefficient (Wildman–Crippen LogP) is 6.67. The van der Waals surface area contributed by atoms with Crippen molar-refractivity contribution in [1.82, 2.24) is 4.90 Å². The van der Waals surface area contributed by atoms with Crippen molar-refractivity contribution in [2.75, 3.05) is 20.8 Å². The SMILES string of the molecule is COc1cc2c(cc1OC)C1C=C(c3ccccc3)c3ccccc3[C@@H](C(=O)c3ccccc3)N1CC2. The van der Waals surface area contributed by atoms with Crippen molar-refractivity contribution in [2.45, 2.75) is 18.5 Å². The highest BCUT2D eigenvalue weighted by molar-refractivity contribution is 6.02. The first-order chi connectivity index (χ1) is 18.2. The summed E-state index contributed by atoms with van der Waals surface area (Å²) in [6.07, 6.45) is 3.15. The third-order valence-corrected chi connectivity index (χ3v) is 7.55. The minimum Gasteiger partial charge on any atom is -0.493 e. The van der Waals surface area contributed by atoms with E-state index in [1.807, 2.05) is 42.5 Å². The number of methoxy groups -OCH3 is 2. The normalized spacial score (nSPS) is 18.5. The van der Waals surface area contributed by atoms with Crippen molar-refractivity contribution in [3.8, 4) is 11.5 Å². The summed E-state index contributed by atoms with van der Waals surface area (Å²) in [7, 11) is 3.34. The molecule has 2 heterocycles. The Hall–Kier alpha value is -4.15. The zero-order chi connectivity index (χ0) is 25.4. The van der Waals surface area contributed by atoms with Crippen molar-refractivity contribution < 1.29 is 14.3 Å². The molecule has 2 aliphatic rings. The Kier molecular flexibility index (Phi) is 6.11. The van der Waals surface area contributed by atoms with Crippen molar-refractivity contribution in [2.24, 2.45) is 0 Å².